The number of amides is 1. The van der Waals surface area contributed by atoms with Crippen LogP contribution < -0.4 is 14.4 Å². The van der Waals surface area contributed by atoms with Gasteiger partial charge in [-0.2, -0.15) is 0 Å². The van der Waals surface area contributed by atoms with Gasteiger partial charge in [-0.15, -0.1) is 0 Å². The summed E-state index contributed by atoms with van der Waals surface area (Å²) in [4.78, 5) is 24.5. The number of hydrogen-bond acceptors (Lipinski definition) is 6. The van der Waals surface area contributed by atoms with Crippen LogP contribution in [0.5, 0.6) is 11.5 Å². The minimum Gasteiger partial charge on any atom is -0.497 e. The molecule has 0 aliphatic rings. The fourth-order valence-corrected chi connectivity index (χ4v) is 4.38. The van der Waals surface area contributed by atoms with E-state index in [1.54, 1.807) is 49.7 Å². The third kappa shape index (κ3) is 4.09. The van der Waals surface area contributed by atoms with Crippen molar-refractivity contribution in [3.05, 3.63) is 77.1 Å². The fourth-order valence-electron chi connectivity index (χ4n) is 3.36. The van der Waals surface area contributed by atoms with Gasteiger partial charge in [0.2, 0.25) is 0 Å². The zero-order valence-electron chi connectivity index (χ0n) is 17.9. The van der Waals surface area contributed by atoms with Gasteiger partial charge in [0, 0.05) is 12.4 Å². The highest BCUT2D eigenvalue weighted by Crippen LogP contribution is 2.35. The average Bonchev–Trinajstić information content (AvgIpc) is 3.24. The van der Waals surface area contributed by atoms with Gasteiger partial charge in [-0.3, -0.25) is 14.7 Å². The first kappa shape index (κ1) is 20.8. The summed E-state index contributed by atoms with van der Waals surface area (Å²) in [5, 5.41) is 0.627. The Kier molecular flexibility index (Phi) is 5.86. The largest absolute Gasteiger partial charge is 0.497 e. The minimum atomic E-state index is -0.215. The summed E-state index contributed by atoms with van der Waals surface area (Å²) in [7, 11) is 3.12. The number of hydrogen-bond donors (Lipinski definition) is 0. The van der Waals surface area contributed by atoms with Crippen LogP contribution in [0, 0.1) is 13.8 Å². The van der Waals surface area contributed by atoms with Crippen LogP contribution in [-0.2, 0) is 6.54 Å². The predicted octanol–water partition coefficient (Wildman–Crippen LogP) is 5.17. The van der Waals surface area contributed by atoms with Gasteiger partial charge in [0.15, 0.2) is 5.13 Å². The lowest BCUT2D eigenvalue weighted by Crippen LogP contribution is -2.30. The zero-order chi connectivity index (χ0) is 22.0. The van der Waals surface area contributed by atoms with Gasteiger partial charge in [-0.25, -0.2) is 4.98 Å². The topological polar surface area (TPSA) is 64.6 Å². The first-order chi connectivity index (χ1) is 15.0. The highest BCUT2D eigenvalue weighted by Gasteiger charge is 2.25. The molecule has 0 aliphatic carbocycles. The smallest absolute Gasteiger partial charge is 0.264 e. The molecule has 0 atom stereocenters. The summed E-state index contributed by atoms with van der Waals surface area (Å²) in [6, 6.07) is 13.1. The number of pyridine rings is 1. The molecule has 0 aliphatic heterocycles. The zero-order valence-corrected chi connectivity index (χ0v) is 18.7. The van der Waals surface area contributed by atoms with E-state index >= 15 is 0 Å². The molecule has 0 bridgehead atoms. The average molecular weight is 434 g/mol. The lowest BCUT2D eigenvalue weighted by Gasteiger charge is -2.21. The molecule has 4 rings (SSSR count). The van der Waals surface area contributed by atoms with E-state index < -0.39 is 0 Å². The van der Waals surface area contributed by atoms with Gasteiger partial charge in [0.1, 0.15) is 11.5 Å². The molecule has 0 fully saturated rings. The summed E-state index contributed by atoms with van der Waals surface area (Å²) in [6.07, 6.45) is 3.47. The van der Waals surface area contributed by atoms with Crippen LogP contribution in [-0.4, -0.2) is 30.1 Å². The van der Waals surface area contributed by atoms with Crippen molar-refractivity contribution in [2.75, 3.05) is 19.1 Å². The van der Waals surface area contributed by atoms with Crippen molar-refractivity contribution in [2.45, 2.75) is 20.4 Å². The van der Waals surface area contributed by atoms with Crippen LogP contribution in [0.4, 0.5) is 5.13 Å². The Morgan fingerprint density at radius 3 is 2.65 bits per heavy atom. The highest BCUT2D eigenvalue weighted by atomic mass is 32.1. The van der Waals surface area contributed by atoms with Crippen molar-refractivity contribution in [3.63, 3.8) is 0 Å². The summed E-state index contributed by atoms with van der Waals surface area (Å²) < 4.78 is 11.8. The molecule has 4 aromatic rings. The SMILES string of the molecule is COc1ccc(OC)c(C(=O)N(Cc2cccnc2)c2nc3c(C)c(C)ccc3s2)c1. The van der Waals surface area contributed by atoms with Gasteiger partial charge in [0.05, 0.1) is 36.5 Å². The number of aromatic nitrogens is 2. The van der Waals surface area contributed by atoms with Gasteiger partial charge in [-0.05, 0) is 60.9 Å². The van der Waals surface area contributed by atoms with Crippen LogP contribution in [0.15, 0.2) is 54.9 Å². The molecule has 2 aromatic carbocycles. The predicted molar refractivity (Wildman–Crippen MR) is 123 cm³/mol. The molecule has 6 nitrogen and oxygen atoms in total. The molecule has 0 radical (unpaired) electrons. The molecule has 31 heavy (non-hydrogen) atoms. The van der Waals surface area contributed by atoms with E-state index in [1.807, 2.05) is 12.1 Å². The molecule has 0 N–H and O–H groups in total. The highest BCUT2D eigenvalue weighted by molar-refractivity contribution is 7.22. The summed E-state index contributed by atoms with van der Waals surface area (Å²) in [5.41, 5.74) is 4.53. The van der Waals surface area contributed by atoms with E-state index in [0.29, 0.717) is 28.7 Å². The van der Waals surface area contributed by atoms with Gasteiger partial charge in [-0.1, -0.05) is 23.5 Å². The number of aryl methyl sites for hydroxylation is 2. The molecular weight excluding hydrogens is 410 g/mol. The number of carbonyl (C=O) groups is 1. The van der Waals surface area contributed by atoms with Crippen molar-refractivity contribution in [1.82, 2.24) is 9.97 Å². The Morgan fingerprint density at radius 2 is 1.94 bits per heavy atom. The monoisotopic (exact) mass is 433 g/mol. The van der Waals surface area contributed by atoms with Gasteiger partial charge in [0.25, 0.3) is 5.91 Å². The van der Waals surface area contributed by atoms with Crippen molar-refractivity contribution in [2.24, 2.45) is 0 Å². The number of anilines is 1. The quantitative estimate of drug-likeness (QED) is 0.420. The van der Waals surface area contributed by atoms with Crippen molar-refractivity contribution >= 4 is 32.6 Å². The molecular formula is C24H23N3O3S. The summed E-state index contributed by atoms with van der Waals surface area (Å²) in [6.45, 7) is 4.46. The second-order valence-electron chi connectivity index (χ2n) is 7.17. The molecule has 1 amide bonds. The maximum Gasteiger partial charge on any atom is 0.264 e. The van der Waals surface area contributed by atoms with Crippen molar-refractivity contribution < 1.29 is 14.3 Å². The van der Waals surface area contributed by atoms with Crippen molar-refractivity contribution in [3.8, 4) is 11.5 Å². The van der Waals surface area contributed by atoms with Crippen molar-refractivity contribution in [1.29, 1.82) is 0 Å². The summed E-state index contributed by atoms with van der Waals surface area (Å²) >= 11 is 1.50. The van der Waals surface area contributed by atoms with Crippen LogP contribution in [0.3, 0.4) is 0 Å². The van der Waals surface area contributed by atoms with E-state index in [9.17, 15) is 4.79 Å². The van der Waals surface area contributed by atoms with Crippen LogP contribution in [0.1, 0.15) is 27.0 Å². The fraction of sp³-hybridized carbons (Fsp3) is 0.208. The molecule has 0 saturated heterocycles. The number of nitrogens with zero attached hydrogens (tertiary/aromatic N) is 3. The lowest BCUT2D eigenvalue weighted by molar-refractivity contribution is 0.0982. The normalized spacial score (nSPS) is 10.8. The van der Waals surface area contributed by atoms with E-state index in [2.05, 4.69) is 31.0 Å². The van der Waals surface area contributed by atoms with Gasteiger partial charge < -0.3 is 9.47 Å². The number of methoxy groups -OCH3 is 2. The summed E-state index contributed by atoms with van der Waals surface area (Å²) in [5.74, 6) is 0.851. The second-order valence-corrected chi connectivity index (χ2v) is 8.18. The Labute approximate surface area is 185 Å². The first-order valence-electron chi connectivity index (χ1n) is 9.81. The van der Waals surface area contributed by atoms with E-state index in [0.717, 1.165) is 21.3 Å². The van der Waals surface area contributed by atoms with Crippen LogP contribution >= 0.6 is 11.3 Å². The first-order valence-corrected chi connectivity index (χ1v) is 10.6. The number of rotatable bonds is 6. The number of carbonyl (C=O) groups excluding carboxylic acids is 1. The molecule has 0 unspecified atom stereocenters. The third-order valence-corrected chi connectivity index (χ3v) is 6.29. The third-order valence-electron chi connectivity index (χ3n) is 5.25. The molecule has 0 saturated carbocycles. The Hall–Kier alpha value is -3.45. The lowest BCUT2D eigenvalue weighted by atomic mass is 10.1. The number of ether oxygens (including phenoxy) is 2. The molecule has 2 heterocycles. The molecule has 2 aromatic heterocycles. The van der Waals surface area contributed by atoms with Crippen LogP contribution in [0.2, 0.25) is 0 Å². The molecule has 0 spiro atoms. The Morgan fingerprint density at radius 1 is 1.10 bits per heavy atom. The maximum atomic E-state index is 13.8. The van der Waals surface area contributed by atoms with E-state index in [4.69, 9.17) is 14.5 Å². The van der Waals surface area contributed by atoms with E-state index in [1.165, 1.54) is 16.9 Å². The van der Waals surface area contributed by atoms with Crippen LogP contribution in [0.25, 0.3) is 10.2 Å². The van der Waals surface area contributed by atoms with Gasteiger partial charge >= 0.3 is 0 Å². The Bertz CT molecular complexity index is 1240. The number of benzene rings is 2. The number of fused-ring (bicyclic) bond motifs is 1. The molecule has 7 heteroatoms. The van der Waals surface area contributed by atoms with E-state index in [-0.39, 0.29) is 5.91 Å². The molecule has 158 valence electrons. The minimum absolute atomic E-state index is 0.215. The standard InChI is InChI=1S/C24H23N3O3S/c1-15-7-10-21-22(16(15)2)26-24(31-21)27(14-17-6-5-11-25-13-17)23(28)19-12-18(29-3)8-9-20(19)30-4/h5-13H,14H2,1-4H3. The second kappa shape index (κ2) is 8.73. The number of thiazole rings is 1. The Balaban J connectivity index is 1.84. The maximum absolute atomic E-state index is 13.8.